The van der Waals surface area contributed by atoms with E-state index in [0.29, 0.717) is 11.6 Å². The number of nitrogens with two attached hydrogens (primary N) is 1. The second-order valence-corrected chi connectivity index (χ2v) is 4.55. The zero-order valence-electron chi connectivity index (χ0n) is 11.9. The summed E-state index contributed by atoms with van der Waals surface area (Å²) in [5.74, 6) is 0.930. The maximum Gasteiger partial charge on any atom is 0.311 e. The molecule has 2 rings (SSSR count). The summed E-state index contributed by atoms with van der Waals surface area (Å²) in [6.45, 7) is 3.75. The van der Waals surface area contributed by atoms with Gasteiger partial charge in [0, 0.05) is 17.8 Å². The van der Waals surface area contributed by atoms with Crippen molar-refractivity contribution in [2.45, 2.75) is 26.9 Å². The van der Waals surface area contributed by atoms with Gasteiger partial charge in [-0.2, -0.15) is 0 Å². The predicted octanol–water partition coefficient (Wildman–Crippen LogP) is 2.42. The molecule has 0 fully saturated rings. The van der Waals surface area contributed by atoms with Gasteiger partial charge in [-0.1, -0.05) is 13.0 Å². The van der Waals surface area contributed by atoms with Crippen molar-refractivity contribution in [3.05, 3.63) is 51.5 Å². The molecule has 0 atom stereocenters. The first-order chi connectivity index (χ1) is 9.99. The molecule has 7 nitrogen and oxygen atoms in total. The molecule has 110 valence electrons. The summed E-state index contributed by atoms with van der Waals surface area (Å²) in [5, 5.41) is 11.1. The number of anilines is 1. The van der Waals surface area contributed by atoms with E-state index < -0.39 is 4.92 Å². The van der Waals surface area contributed by atoms with Gasteiger partial charge in [0.1, 0.15) is 12.4 Å². The summed E-state index contributed by atoms with van der Waals surface area (Å²) in [6, 6.07) is 6.55. The van der Waals surface area contributed by atoms with Crippen molar-refractivity contribution in [1.82, 2.24) is 9.97 Å². The lowest BCUT2D eigenvalue weighted by Crippen LogP contribution is -2.06. The number of nitro benzene ring substituents is 1. The number of aromatic nitrogens is 2. The summed E-state index contributed by atoms with van der Waals surface area (Å²) in [5.41, 5.74) is 7.17. The molecular weight excluding hydrogens is 272 g/mol. The van der Waals surface area contributed by atoms with Crippen LogP contribution in [0.2, 0.25) is 0 Å². The Hall–Kier alpha value is -2.70. The Balaban J connectivity index is 2.21. The van der Waals surface area contributed by atoms with Gasteiger partial charge in [0.25, 0.3) is 0 Å². The lowest BCUT2D eigenvalue weighted by atomic mass is 10.1. The molecule has 0 saturated carbocycles. The molecule has 2 N–H and O–H groups in total. The Morgan fingerprint density at radius 2 is 2.10 bits per heavy atom. The highest BCUT2D eigenvalue weighted by Crippen LogP contribution is 2.28. The smallest absolute Gasteiger partial charge is 0.311 e. The SMILES string of the molecule is CCc1ccc(OCc2nc(C)cc(N)n2)c([N+](=O)[O-])c1. The average molecular weight is 288 g/mol. The van der Waals surface area contributed by atoms with E-state index in [0.717, 1.165) is 17.7 Å². The van der Waals surface area contributed by atoms with Gasteiger partial charge in [-0.05, 0) is 25.0 Å². The molecule has 1 heterocycles. The van der Waals surface area contributed by atoms with Crippen LogP contribution in [-0.2, 0) is 13.0 Å². The first kappa shape index (κ1) is 14.7. The van der Waals surface area contributed by atoms with Crippen LogP contribution < -0.4 is 10.5 Å². The van der Waals surface area contributed by atoms with E-state index in [4.69, 9.17) is 10.5 Å². The van der Waals surface area contributed by atoms with Crippen LogP contribution in [-0.4, -0.2) is 14.9 Å². The highest BCUT2D eigenvalue weighted by molar-refractivity contribution is 5.48. The van der Waals surface area contributed by atoms with Crippen molar-refractivity contribution in [2.24, 2.45) is 0 Å². The number of rotatable bonds is 5. The zero-order chi connectivity index (χ0) is 15.4. The topological polar surface area (TPSA) is 104 Å². The lowest BCUT2D eigenvalue weighted by Gasteiger charge is -2.08. The van der Waals surface area contributed by atoms with E-state index in [-0.39, 0.29) is 18.0 Å². The van der Waals surface area contributed by atoms with Crippen molar-refractivity contribution in [3.8, 4) is 5.75 Å². The molecule has 1 aromatic carbocycles. The van der Waals surface area contributed by atoms with Gasteiger partial charge in [0.05, 0.1) is 4.92 Å². The summed E-state index contributed by atoms with van der Waals surface area (Å²) in [7, 11) is 0. The van der Waals surface area contributed by atoms with Crippen molar-refractivity contribution < 1.29 is 9.66 Å². The third-order valence-electron chi connectivity index (χ3n) is 2.91. The molecule has 0 saturated heterocycles. The molecule has 0 amide bonds. The molecule has 0 bridgehead atoms. The fourth-order valence-corrected chi connectivity index (χ4v) is 1.91. The maximum absolute atomic E-state index is 11.1. The number of aryl methyl sites for hydroxylation is 2. The minimum Gasteiger partial charge on any atom is -0.479 e. The van der Waals surface area contributed by atoms with E-state index in [1.807, 2.05) is 6.92 Å². The summed E-state index contributed by atoms with van der Waals surface area (Å²) < 4.78 is 5.47. The van der Waals surface area contributed by atoms with Crippen LogP contribution in [0.3, 0.4) is 0 Å². The van der Waals surface area contributed by atoms with Crippen molar-refractivity contribution in [1.29, 1.82) is 0 Å². The Kier molecular flexibility index (Phi) is 4.32. The fraction of sp³-hybridized carbons (Fsp3) is 0.286. The summed E-state index contributed by atoms with van der Waals surface area (Å²) in [6.07, 6.45) is 0.721. The number of hydrogen-bond acceptors (Lipinski definition) is 6. The van der Waals surface area contributed by atoms with Gasteiger partial charge in [-0.15, -0.1) is 0 Å². The average Bonchev–Trinajstić information content (AvgIpc) is 2.43. The molecule has 0 spiro atoms. The van der Waals surface area contributed by atoms with Crippen LogP contribution in [0.4, 0.5) is 11.5 Å². The second-order valence-electron chi connectivity index (χ2n) is 4.55. The van der Waals surface area contributed by atoms with Crippen LogP contribution in [0.1, 0.15) is 24.0 Å². The van der Waals surface area contributed by atoms with Gasteiger partial charge >= 0.3 is 5.69 Å². The van der Waals surface area contributed by atoms with Gasteiger partial charge in [-0.25, -0.2) is 9.97 Å². The highest BCUT2D eigenvalue weighted by atomic mass is 16.6. The van der Waals surface area contributed by atoms with Crippen LogP contribution in [0.25, 0.3) is 0 Å². The standard InChI is InChI=1S/C14H16N4O3/c1-3-10-4-5-12(11(7-10)18(19)20)21-8-14-16-9(2)6-13(15)17-14/h4-7H,3,8H2,1-2H3,(H2,15,16,17). The molecule has 1 aromatic heterocycles. The van der Waals surface area contributed by atoms with E-state index >= 15 is 0 Å². The molecule has 0 radical (unpaired) electrons. The summed E-state index contributed by atoms with van der Waals surface area (Å²) >= 11 is 0. The molecule has 0 aliphatic carbocycles. The molecular formula is C14H16N4O3. The minimum atomic E-state index is -0.458. The Bertz CT molecular complexity index is 653. The summed E-state index contributed by atoms with van der Waals surface area (Å²) in [4.78, 5) is 18.8. The lowest BCUT2D eigenvalue weighted by molar-refractivity contribution is -0.386. The van der Waals surface area contributed by atoms with E-state index in [1.165, 1.54) is 6.07 Å². The van der Waals surface area contributed by atoms with Crippen molar-refractivity contribution in [2.75, 3.05) is 5.73 Å². The highest BCUT2D eigenvalue weighted by Gasteiger charge is 2.16. The first-order valence-corrected chi connectivity index (χ1v) is 6.49. The fourth-order valence-electron chi connectivity index (χ4n) is 1.91. The van der Waals surface area contributed by atoms with Gasteiger partial charge in [-0.3, -0.25) is 10.1 Å². The minimum absolute atomic E-state index is 0.0260. The molecule has 0 aliphatic rings. The normalized spacial score (nSPS) is 10.4. The molecule has 0 aliphatic heterocycles. The third-order valence-corrected chi connectivity index (χ3v) is 2.91. The number of hydrogen-bond donors (Lipinski definition) is 1. The Morgan fingerprint density at radius 3 is 2.71 bits per heavy atom. The molecule has 2 aromatic rings. The second kappa shape index (κ2) is 6.17. The van der Waals surface area contributed by atoms with Crippen LogP contribution in [0, 0.1) is 17.0 Å². The largest absolute Gasteiger partial charge is 0.479 e. The van der Waals surface area contributed by atoms with Crippen LogP contribution >= 0.6 is 0 Å². The van der Waals surface area contributed by atoms with E-state index in [1.54, 1.807) is 25.1 Å². The van der Waals surface area contributed by atoms with Crippen molar-refractivity contribution >= 4 is 11.5 Å². The Labute approximate surface area is 121 Å². The van der Waals surface area contributed by atoms with E-state index in [9.17, 15) is 10.1 Å². The molecule has 0 unspecified atom stereocenters. The maximum atomic E-state index is 11.1. The number of ether oxygens (including phenoxy) is 1. The number of nitro groups is 1. The number of nitrogen functional groups attached to an aromatic ring is 1. The van der Waals surface area contributed by atoms with Gasteiger partial charge < -0.3 is 10.5 Å². The van der Waals surface area contributed by atoms with Crippen LogP contribution in [0.5, 0.6) is 5.75 Å². The van der Waals surface area contributed by atoms with E-state index in [2.05, 4.69) is 9.97 Å². The number of benzene rings is 1. The predicted molar refractivity (Wildman–Crippen MR) is 78.0 cm³/mol. The van der Waals surface area contributed by atoms with Crippen LogP contribution in [0.15, 0.2) is 24.3 Å². The molecule has 7 heteroatoms. The third kappa shape index (κ3) is 3.65. The first-order valence-electron chi connectivity index (χ1n) is 6.49. The van der Waals surface area contributed by atoms with Gasteiger partial charge in [0.15, 0.2) is 11.6 Å². The number of nitrogens with zero attached hydrogens (tertiary/aromatic N) is 3. The van der Waals surface area contributed by atoms with Gasteiger partial charge in [0.2, 0.25) is 0 Å². The quantitative estimate of drug-likeness (QED) is 0.669. The zero-order valence-corrected chi connectivity index (χ0v) is 11.9. The Morgan fingerprint density at radius 1 is 1.33 bits per heavy atom. The molecule has 21 heavy (non-hydrogen) atoms. The van der Waals surface area contributed by atoms with Crippen molar-refractivity contribution in [3.63, 3.8) is 0 Å². The monoisotopic (exact) mass is 288 g/mol.